The lowest BCUT2D eigenvalue weighted by molar-refractivity contribution is 0.0942. The topological polar surface area (TPSA) is 47.6 Å². The molecule has 1 aromatic carbocycles. The van der Waals surface area contributed by atoms with Crippen LogP contribution < -0.4 is 10.1 Å². The molecule has 19 heavy (non-hydrogen) atoms. The van der Waals surface area contributed by atoms with E-state index in [9.17, 15) is 4.79 Å². The number of rotatable bonds is 7. The van der Waals surface area contributed by atoms with Crippen molar-refractivity contribution < 1.29 is 14.3 Å². The van der Waals surface area contributed by atoms with Gasteiger partial charge in [0.1, 0.15) is 5.75 Å². The monoisotopic (exact) mass is 329 g/mol. The number of halogens is 1. The smallest absolute Gasteiger partial charge is 0.251 e. The predicted octanol–water partition coefficient (Wildman–Crippen LogP) is 3.00. The standard InChI is InChI=1S/C14H20BrNO3/c1-10(2)16-14(17)11-5-6-12(15)13(9-11)19-8-4-7-18-3/h5-6,9-10H,4,7-8H2,1-3H3,(H,16,17). The van der Waals surface area contributed by atoms with Crippen molar-refractivity contribution in [3.63, 3.8) is 0 Å². The summed E-state index contributed by atoms with van der Waals surface area (Å²) in [6.45, 7) is 5.07. The fraction of sp³-hybridized carbons (Fsp3) is 0.500. The molecule has 0 aliphatic carbocycles. The van der Waals surface area contributed by atoms with Crippen molar-refractivity contribution in [2.24, 2.45) is 0 Å². The van der Waals surface area contributed by atoms with Crippen molar-refractivity contribution >= 4 is 21.8 Å². The number of carbonyl (C=O) groups excluding carboxylic acids is 1. The quantitative estimate of drug-likeness (QED) is 0.782. The Morgan fingerprint density at radius 3 is 2.74 bits per heavy atom. The number of methoxy groups -OCH3 is 1. The molecular weight excluding hydrogens is 310 g/mol. The van der Waals surface area contributed by atoms with Gasteiger partial charge in [-0.25, -0.2) is 0 Å². The van der Waals surface area contributed by atoms with Crippen LogP contribution in [-0.2, 0) is 4.74 Å². The first-order valence-corrected chi connectivity index (χ1v) is 7.06. The summed E-state index contributed by atoms with van der Waals surface area (Å²) in [4.78, 5) is 11.9. The molecule has 0 saturated carbocycles. The minimum Gasteiger partial charge on any atom is -0.492 e. The second-order valence-electron chi connectivity index (χ2n) is 4.47. The van der Waals surface area contributed by atoms with Crippen molar-refractivity contribution in [1.82, 2.24) is 5.32 Å². The van der Waals surface area contributed by atoms with Crippen LogP contribution in [-0.4, -0.2) is 32.3 Å². The Labute approximate surface area is 122 Å². The Bertz CT molecular complexity index is 421. The summed E-state index contributed by atoms with van der Waals surface area (Å²) in [5.74, 6) is 0.580. The van der Waals surface area contributed by atoms with Gasteiger partial charge >= 0.3 is 0 Å². The normalized spacial score (nSPS) is 10.6. The lowest BCUT2D eigenvalue weighted by Crippen LogP contribution is -2.30. The van der Waals surface area contributed by atoms with Gasteiger partial charge in [0.25, 0.3) is 5.91 Å². The van der Waals surface area contributed by atoms with Crippen molar-refractivity contribution in [1.29, 1.82) is 0 Å². The van der Waals surface area contributed by atoms with Crippen LogP contribution in [0.1, 0.15) is 30.6 Å². The maximum Gasteiger partial charge on any atom is 0.251 e. The third-order valence-corrected chi connectivity index (χ3v) is 3.02. The highest BCUT2D eigenvalue weighted by molar-refractivity contribution is 9.10. The summed E-state index contributed by atoms with van der Waals surface area (Å²) in [5, 5.41) is 2.85. The van der Waals surface area contributed by atoms with Gasteiger partial charge in [-0.15, -0.1) is 0 Å². The van der Waals surface area contributed by atoms with E-state index in [-0.39, 0.29) is 11.9 Å². The molecule has 0 unspecified atom stereocenters. The average molecular weight is 330 g/mol. The zero-order chi connectivity index (χ0) is 14.3. The molecule has 0 aliphatic heterocycles. The van der Waals surface area contributed by atoms with Crippen molar-refractivity contribution in [3.8, 4) is 5.75 Å². The second-order valence-corrected chi connectivity index (χ2v) is 5.32. The van der Waals surface area contributed by atoms with Gasteiger partial charge in [0.15, 0.2) is 0 Å². The molecule has 0 spiro atoms. The zero-order valence-corrected chi connectivity index (χ0v) is 13.1. The fourth-order valence-corrected chi connectivity index (χ4v) is 1.85. The lowest BCUT2D eigenvalue weighted by Gasteiger charge is -2.11. The second kappa shape index (κ2) is 8.17. The minimum atomic E-state index is -0.0933. The first kappa shape index (κ1) is 16.0. The molecule has 0 aromatic heterocycles. The molecular formula is C14H20BrNO3. The molecule has 1 rings (SSSR count). The molecule has 0 fully saturated rings. The lowest BCUT2D eigenvalue weighted by atomic mass is 10.2. The Morgan fingerprint density at radius 1 is 1.37 bits per heavy atom. The van der Waals surface area contributed by atoms with Gasteiger partial charge in [0, 0.05) is 31.7 Å². The number of carbonyl (C=O) groups is 1. The van der Waals surface area contributed by atoms with Gasteiger partial charge in [0.05, 0.1) is 11.1 Å². The Kier molecular flexibility index (Phi) is 6.87. The number of hydrogen-bond donors (Lipinski definition) is 1. The highest BCUT2D eigenvalue weighted by atomic mass is 79.9. The van der Waals surface area contributed by atoms with Crippen LogP contribution in [0.25, 0.3) is 0 Å². The highest BCUT2D eigenvalue weighted by Crippen LogP contribution is 2.26. The van der Waals surface area contributed by atoms with Crippen LogP contribution in [0, 0.1) is 0 Å². The fourth-order valence-electron chi connectivity index (χ4n) is 1.49. The van der Waals surface area contributed by atoms with Crippen LogP contribution in [0.5, 0.6) is 5.75 Å². The molecule has 0 saturated heterocycles. The van der Waals surface area contributed by atoms with E-state index in [2.05, 4.69) is 21.2 Å². The van der Waals surface area contributed by atoms with Crippen LogP contribution >= 0.6 is 15.9 Å². The number of ether oxygens (including phenoxy) is 2. The van der Waals surface area contributed by atoms with E-state index in [1.165, 1.54) is 0 Å². The third kappa shape index (κ3) is 5.61. The number of amides is 1. The summed E-state index contributed by atoms with van der Waals surface area (Å²) >= 11 is 3.41. The first-order chi connectivity index (χ1) is 9.04. The maximum absolute atomic E-state index is 11.9. The van der Waals surface area contributed by atoms with Crippen LogP contribution in [0.2, 0.25) is 0 Å². The van der Waals surface area contributed by atoms with Gasteiger partial charge in [-0.3, -0.25) is 4.79 Å². The van der Waals surface area contributed by atoms with Crippen molar-refractivity contribution in [3.05, 3.63) is 28.2 Å². The Morgan fingerprint density at radius 2 is 2.11 bits per heavy atom. The largest absolute Gasteiger partial charge is 0.492 e. The summed E-state index contributed by atoms with van der Waals surface area (Å²) in [7, 11) is 1.66. The molecule has 0 radical (unpaired) electrons. The third-order valence-electron chi connectivity index (χ3n) is 2.36. The van der Waals surface area contributed by atoms with Crippen LogP contribution in [0.4, 0.5) is 0 Å². The molecule has 106 valence electrons. The number of benzene rings is 1. The van der Waals surface area contributed by atoms with Gasteiger partial charge < -0.3 is 14.8 Å². The SMILES string of the molecule is COCCCOc1cc(C(=O)NC(C)C)ccc1Br. The summed E-state index contributed by atoms with van der Waals surface area (Å²) in [6, 6.07) is 5.45. The predicted molar refractivity (Wildman–Crippen MR) is 78.7 cm³/mol. The molecule has 4 nitrogen and oxygen atoms in total. The molecule has 1 aromatic rings. The van der Waals surface area contributed by atoms with E-state index in [1.54, 1.807) is 19.2 Å². The average Bonchev–Trinajstić information content (AvgIpc) is 2.35. The van der Waals surface area contributed by atoms with E-state index in [0.717, 1.165) is 10.9 Å². The van der Waals surface area contributed by atoms with E-state index < -0.39 is 0 Å². The van der Waals surface area contributed by atoms with E-state index in [4.69, 9.17) is 9.47 Å². The van der Waals surface area contributed by atoms with E-state index >= 15 is 0 Å². The summed E-state index contributed by atoms with van der Waals surface area (Å²) in [5.41, 5.74) is 0.596. The van der Waals surface area contributed by atoms with Gasteiger partial charge in [0.2, 0.25) is 0 Å². The molecule has 0 aliphatic rings. The Hall–Kier alpha value is -1.07. The van der Waals surface area contributed by atoms with E-state index in [1.807, 2.05) is 19.9 Å². The van der Waals surface area contributed by atoms with Crippen molar-refractivity contribution in [2.75, 3.05) is 20.3 Å². The van der Waals surface area contributed by atoms with Gasteiger partial charge in [-0.05, 0) is 48.0 Å². The van der Waals surface area contributed by atoms with Gasteiger partial charge in [-0.1, -0.05) is 0 Å². The van der Waals surface area contributed by atoms with Crippen LogP contribution in [0.3, 0.4) is 0 Å². The van der Waals surface area contributed by atoms with Gasteiger partial charge in [-0.2, -0.15) is 0 Å². The van der Waals surface area contributed by atoms with E-state index in [0.29, 0.717) is 24.5 Å². The molecule has 1 amide bonds. The molecule has 5 heteroatoms. The summed E-state index contributed by atoms with van der Waals surface area (Å²) in [6.07, 6.45) is 0.811. The Balaban J connectivity index is 2.68. The maximum atomic E-state index is 11.9. The molecule has 0 bridgehead atoms. The number of hydrogen-bond acceptors (Lipinski definition) is 3. The zero-order valence-electron chi connectivity index (χ0n) is 11.5. The molecule has 0 heterocycles. The van der Waals surface area contributed by atoms with Crippen molar-refractivity contribution in [2.45, 2.75) is 26.3 Å². The number of nitrogens with one attached hydrogen (secondary N) is 1. The molecule has 0 atom stereocenters. The molecule has 1 N–H and O–H groups in total. The first-order valence-electron chi connectivity index (χ1n) is 6.26. The van der Waals surface area contributed by atoms with Crippen LogP contribution in [0.15, 0.2) is 22.7 Å². The highest BCUT2D eigenvalue weighted by Gasteiger charge is 2.10. The summed E-state index contributed by atoms with van der Waals surface area (Å²) < 4.78 is 11.4. The minimum absolute atomic E-state index is 0.0933.